The zero-order chi connectivity index (χ0) is 13.9. The fourth-order valence-corrected chi connectivity index (χ4v) is 3.50. The molecule has 1 saturated carbocycles. The molecule has 1 fully saturated rings. The highest BCUT2D eigenvalue weighted by atomic mass is 32.2. The topological polar surface area (TPSA) is 49.4 Å². The van der Waals surface area contributed by atoms with Crippen molar-refractivity contribution in [2.45, 2.75) is 44.2 Å². The van der Waals surface area contributed by atoms with E-state index in [1.807, 2.05) is 26.0 Å². The van der Waals surface area contributed by atoms with Crippen molar-refractivity contribution in [3.63, 3.8) is 0 Å². The van der Waals surface area contributed by atoms with E-state index in [-0.39, 0.29) is 0 Å². The van der Waals surface area contributed by atoms with Gasteiger partial charge in [-0.3, -0.25) is 0 Å². The number of benzene rings is 1. The van der Waals surface area contributed by atoms with Gasteiger partial charge in [0.15, 0.2) is 0 Å². The monoisotopic (exact) mass is 282 g/mol. The maximum atomic E-state index is 12.3. The largest absolute Gasteiger partial charge is 0.310 e. The van der Waals surface area contributed by atoms with E-state index < -0.39 is 10.0 Å². The Balaban J connectivity index is 2.07. The van der Waals surface area contributed by atoms with Crippen LogP contribution < -0.4 is 5.32 Å². The minimum absolute atomic E-state index is 0.381. The lowest BCUT2D eigenvalue weighted by Gasteiger charge is -2.18. The van der Waals surface area contributed by atoms with E-state index in [1.165, 1.54) is 17.1 Å². The molecule has 0 unspecified atom stereocenters. The van der Waals surface area contributed by atoms with E-state index in [4.69, 9.17) is 0 Å². The molecule has 1 aliphatic rings. The number of sulfonamides is 1. The molecular formula is C14H22N2O2S. The van der Waals surface area contributed by atoms with Crippen molar-refractivity contribution in [3.8, 4) is 0 Å². The highest BCUT2D eigenvalue weighted by Crippen LogP contribution is 2.20. The third kappa shape index (κ3) is 3.55. The van der Waals surface area contributed by atoms with Gasteiger partial charge in [-0.2, -0.15) is 4.31 Å². The maximum absolute atomic E-state index is 12.3. The average Bonchev–Trinajstić information content (AvgIpc) is 3.22. The molecule has 1 aromatic carbocycles. The average molecular weight is 282 g/mol. The van der Waals surface area contributed by atoms with Crippen molar-refractivity contribution < 1.29 is 8.42 Å². The molecule has 0 spiro atoms. The first-order chi connectivity index (χ1) is 9.07. The van der Waals surface area contributed by atoms with Gasteiger partial charge >= 0.3 is 0 Å². The lowest BCUT2D eigenvalue weighted by atomic mass is 10.2. The second kappa shape index (κ2) is 6.03. The van der Waals surface area contributed by atoms with Gasteiger partial charge in [0, 0.05) is 25.7 Å². The van der Waals surface area contributed by atoms with E-state index in [0.717, 1.165) is 12.1 Å². The third-order valence-electron chi connectivity index (χ3n) is 3.44. The summed E-state index contributed by atoms with van der Waals surface area (Å²) in [6, 6.07) is 7.87. The molecule has 4 nitrogen and oxygen atoms in total. The molecule has 0 radical (unpaired) electrons. The summed E-state index contributed by atoms with van der Waals surface area (Å²) >= 11 is 0. The molecule has 19 heavy (non-hydrogen) atoms. The molecule has 106 valence electrons. The SMILES string of the molecule is CCN(CC)S(=O)(=O)c1ccc(CNC2CC2)cc1. The van der Waals surface area contributed by atoms with Crippen LogP contribution in [0.5, 0.6) is 0 Å². The number of hydrogen-bond donors (Lipinski definition) is 1. The van der Waals surface area contributed by atoms with Crippen LogP contribution in [0.4, 0.5) is 0 Å². The molecule has 0 aromatic heterocycles. The molecule has 1 N–H and O–H groups in total. The number of rotatable bonds is 7. The van der Waals surface area contributed by atoms with E-state index in [2.05, 4.69) is 5.32 Å². The normalized spacial score (nSPS) is 15.9. The van der Waals surface area contributed by atoms with Crippen molar-refractivity contribution in [3.05, 3.63) is 29.8 Å². The molecule has 2 rings (SSSR count). The smallest absolute Gasteiger partial charge is 0.243 e. The Morgan fingerprint density at radius 2 is 1.74 bits per heavy atom. The Morgan fingerprint density at radius 3 is 2.21 bits per heavy atom. The van der Waals surface area contributed by atoms with Crippen LogP contribution in [0.2, 0.25) is 0 Å². The fraction of sp³-hybridized carbons (Fsp3) is 0.571. The number of nitrogens with zero attached hydrogens (tertiary/aromatic N) is 1. The lowest BCUT2D eigenvalue weighted by molar-refractivity contribution is 0.445. The van der Waals surface area contributed by atoms with Crippen molar-refractivity contribution in [2.24, 2.45) is 0 Å². The Hall–Kier alpha value is -0.910. The molecule has 5 heteroatoms. The zero-order valence-corrected chi connectivity index (χ0v) is 12.4. The summed E-state index contributed by atoms with van der Waals surface area (Å²) in [5, 5.41) is 3.42. The quantitative estimate of drug-likeness (QED) is 0.832. The van der Waals surface area contributed by atoms with Gasteiger partial charge in [0.05, 0.1) is 4.90 Å². The Morgan fingerprint density at radius 1 is 1.16 bits per heavy atom. The van der Waals surface area contributed by atoms with Gasteiger partial charge in [-0.1, -0.05) is 26.0 Å². The lowest BCUT2D eigenvalue weighted by Crippen LogP contribution is -2.30. The van der Waals surface area contributed by atoms with Crippen LogP contribution in [0.25, 0.3) is 0 Å². The third-order valence-corrected chi connectivity index (χ3v) is 5.50. The summed E-state index contributed by atoms with van der Waals surface area (Å²) < 4.78 is 26.1. The molecule has 0 atom stereocenters. The van der Waals surface area contributed by atoms with E-state index in [1.54, 1.807) is 12.1 Å². The van der Waals surface area contributed by atoms with Crippen LogP contribution in [-0.4, -0.2) is 31.9 Å². The first-order valence-corrected chi connectivity index (χ1v) is 8.34. The molecule has 0 bridgehead atoms. The molecule has 0 amide bonds. The van der Waals surface area contributed by atoms with Crippen molar-refractivity contribution >= 4 is 10.0 Å². The highest BCUT2D eigenvalue weighted by molar-refractivity contribution is 7.89. The second-order valence-electron chi connectivity index (χ2n) is 4.89. The number of nitrogens with one attached hydrogen (secondary N) is 1. The Labute approximate surface area is 115 Å². The molecular weight excluding hydrogens is 260 g/mol. The minimum Gasteiger partial charge on any atom is -0.310 e. The van der Waals surface area contributed by atoms with Crippen LogP contribution in [0.3, 0.4) is 0 Å². The van der Waals surface area contributed by atoms with Crippen LogP contribution >= 0.6 is 0 Å². The number of hydrogen-bond acceptors (Lipinski definition) is 3. The summed E-state index contributed by atoms with van der Waals surface area (Å²) in [4.78, 5) is 0.381. The molecule has 1 aromatic rings. The summed E-state index contributed by atoms with van der Waals surface area (Å²) in [5.74, 6) is 0. The standard InChI is InChI=1S/C14H22N2O2S/c1-3-16(4-2)19(17,18)14-9-5-12(6-10-14)11-15-13-7-8-13/h5-6,9-10,13,15H,3-4,7-8,11H2,1-2H3. The Bertz CT molecular complexity index is 503. The molecule has 1 aliphatic carbocycles. The molecule has 0 heterocycles. The first-order valence-electron chi connectivity index (χ1n) is 6.90. The van der Waals surface area contributed by atoms with E-state index in [9.17, 15) is 8.42 Å². The van der Waals surface area contributed by atoms with E-state index in [0.29, 0.717) is 24.0 Å². The van der Waals surface area contributed by atoms with Crippen LogP contribution in [-0.2, 0) is 16.6 Å². The fourth-order valence-electron chi connectivity index (χ4n) is 2.04. The van der Waals surface area contributed by atoms with Gasteiger partial charge in [0.1, 0.15) is 0 Å². The summed E-state index contributed by atoms with van der Waals surface area (Å²) in [7, 11) is -3.32. The molecule has 0 aliphatic heterocycles. The van der Waals surface area contributed by atoms with Crippen LogP contribution in [0.15, 0.2) is 29.2 Å². The van der Waals surface area contributed by atoms with Gasteiger partial charge in [-0.15, -0.1) is 0 Å². The Kier molecular flexibility index (Phi) is 4.60. The van der Waals surface area contributed by atoms with Crippen LogP contribution in [0.1, 0.15) is 32.3 Å². The van der Waals surface area contributed by atoms with Crippen molar-refractivity contribution in [1.29, 1.82) is 0 Å². The van der Waals surface area contributed by atoms with Crippen LogP contribution in [0, 0.1) is 0 Å². The maximum Gasteiger partial charge on any atom is 0.243 e. The van der Waals surface area contributed by atoms with Crippen molar-refractivity contribution in [1.82, 2.24) is 9.62 Å². The zero-order valence-electron chi connectivity index (χ0n) is 11.6. The summed E-state index contributed by atoms with van der Waals surface area (Å²) in [5.41, 5.74) is 1.13. The summed E-state index contributed by atoms with van der Waals surface area (Å²) in [6.07, 6.45) is 2.52. The van der Waals surface area contributed by atoms with Gasteiger partial charge in [-0.25, -0.2) is 8.42 Å². The first kappa shape index (κ1) is 14.5. The van der Waals surface area contributed by atoms with Crippen molar-refractivity contribution in [2.75, 3.05) is 13.1 Å². The minimum atomic E-state index is -3.32. The second-order valence-corrected chi connectivity index (χ2v) is 6.83. The predicted molar refractivity (Wildman–Crippen MR) is 76.4 cm³/mol. The van der Waals surface area contributed by atoms with Gasteiger partial charge in [0.2, 0.25) is 10.0 Å². The van der Waals surface area contributed by atoms with Gasteiger partial charge in [-0.05, 0) is 30.5 Å². The predicted octanol–water partition coefficient (Wildman–Crippen LogP) is 1.97. The van der Waals surface area contributed by atoms with Gasteiger partial charge in [0.25, 0.3) is 0 Å². The van der Waals surface area contributed by atoms with E-state index >= 15 is 0 Å². The summed E-state index contributed by atoms with van der Waals surface area (Å²) in [6.45, 7) is 5.54. The molecule has 0 saturated heterocycles. The highest BCUT2D eigenvalue weighted by Gasteiger charge is 2.22. The van der Waals surface area contributed by atoms with Gasteiger partial charge < -0.3 is 5.32 Å².